The summed E-state index contributed by atoms with van der Waals surface area (Å²) in [5, 5.41) is 15.7. The number of hydrogen-bond acceptors (Lipinski definition) is 4. The van der Waals surface area contributed by atoms with Crippen molar-refractivity contribution in [1.29, 1.82) is 0 Å². The number of urea groups is 1. The molecular weight excluding hydrogens is 320 g/mol. The van der Waals surface area contributed by atoms with Gasteiger partial charge in [-0.05, 0) is 36.8 Å². The average molecular weight is 340 g/mol. The maximum Gasteiger partial charge on any atom is 0.315 e. The first-order chi connectivity index (χ1) is 12.0. The molecule has 0 spiro atoms. The second-order valence-corrected chi connectivity index (χ2v) is 5.93. The first-order valence-electron chi connectivity index (χ1n) is 7.90. The first kappa shape index (κ1) is 16.8. The Bertz CT molecular complexity index is 811. The molecule has 0 aliphatic heterocycles. The summed E-state index contributed by atoms with van der Waals surface area (Å²) in [5.74, 6) is 0.404. The van der Waals surface area contributed by atoms with Crippen LogP contribution in [0.1, 0.15) is 18.2 Å². The fourth-order valence-electron chi connectivity index (χ4n) is 2.41. The number of rotatable bonds is 6. The Morgan fingerprint density at radius 3 is 2.92 bits per heavy atom. The largest absolute Gasteiger partial charge is 0.466 e. The first-order valence-corrected chi connectivity index (χ1v) is 7.90. The molecule has 25 heavy (non-hydrogen) atoms. The number of nitrogens with zero attached hydrogens (tertiary/aromatic N) is 2. The molecule has 2 aromatic heterocycles. The van der Waals surface area contributed by atoms with Gasteiger partial charge in [-0.1, -0.05) is 12.1 Å². The molecule has 3 aromatic rings. The van der Waals surface area contributed by atoms with Crippen molar-refractivity contribution in [2.24, 2.45) is 0 Å². The summed E-state index contributed by atoms with van der Waals surface area (Å²) >= 11 is 0. The molecule has 3 rings (SSSR count). The van der Waals surface area contributed by atoms with Gasteiger partial charge in [0.05, 0.1) is 19.1 Å². The molecule has 2 amide bonds. The van der Waals surface area contributed by atoms with Gasteiger partial charge in [0, 0.05) is 24.6 Å². The van der Waals surface area contributed by atoms with Gasteiger partial charge in [0.15, 0.2) is 0 Å². The molecule has 130 valence electrons. The lowest BCUT2D eigenvalue weighted by Crippen LogP contribution is -2.43. The Balaban J connectivity index is 1.52. The van der Waals surface area contributed by atoms with Crippen molar-refractivity contribution in [3.8, 4) is 5.69 Å². The SMILES string of the molecule is C[C@@](O)(CNC(=O)NCc1cccc(-n2ccnc2)c1)c1ccco1. The molecule has 0 saturated carbocycles. The van der Waals surface area contributed by atoms with E-state index < -0.39 is 5.60 Å². The molecule has 3 N–H and O–H groups in total. The molecule has 2 heterocycles. The van der Waals surface area contributed by atoms with Crippen molar-refractivity contribution < 1.29 is 14.3 Å². The lowest BCUT2D eigenvalue weighted by Gasteiger charge is -2.21. The minimum atomic E-state index is -1.26. The molecule has 0 bridgehead atoms. The number of aliphatic hydroxyl groups is 1. The summed E-state index contributed by atoms with van der Waals surface area (Å²) in [6.45, 7) is 2.00. The van der Waals surface area contributed by atoms with Gasteiger partial charge in [0.2, 0.25) is 0 Å². The van der Waals surface area contributed by atoms with E-state index in [9.17, 15) is 9.90 Å². The molecule has 0 fully saturated rings. The number of aromatic nitrogens is 2. The predicted molar refractivity (Wildman–Crippen MR) is 92.1 cm³/mol. The van der Waals surface area contributed by atoms with Crippen LogP contribution in [-0.2, 0) is 12.1 Å². The van der Waals surface area contributed by atoms with Crippen LogP contribution >= 0.6 is 0 Å². The fourth-order valence-corrected chi connectivity index (χ4v) is 2.41. The van der Waals surface area contributed by atoms with Crippen LogP contribution in [0.4, 0.5) is 4.79 Å². The van der Waals surface area contributed by atoms with Crippen LogP contribution in [0.2, 0.25) is 0 Å². The quantitative estimate of drug-likeness (QED) is 0.641. The van der Waals surface area contributed by atoms with Crippen molar-refractivity contribution in [2.75, 3.05) is 6.54 Å². The van der Waals surface area contributed by atoms with Crippen LogP contribution in [0, 0.1) is 0 Å². The number of furan rings is 1. The van der Waals surface area contributed by atoms with Gasteiger partial charge < -0.3 is 24.7 Å². The minimum Gasteiger partial charge on any atom is -0.466 e. The van der Waals surface area contributed by atoms with Crippen molar-refractivity contribution in [3.63, 3.8) is 0 Å². The molecule has 0 unspecified atom stereocenters. The van der Waals surface area contributed by atoms with E-state index in [-0.39, 0.29) is 12.6 Å². The van der Waals surface area contributed by atoms with E-state index in [2.05, 4.69) is 15.6 Å². The van der Waals surface area contributed by atoms with Gasteiger partial charge >= 0.3 is 6.03 Å². The summed E-state index contributed by atoms with van der Waals surface area (Å²) in [4.78, 5) is 16.0. The van der Waals surface area contributed by atoms with Crippen molar-refractivity contribution >= 4 is 6.03 Å². The number of benzene rings is 1. The fraction of sp³-hybridized carbons (Fsp3) is 0.222. The van der Waals surface area contributed by atoms with Crippen LogP contribution in [0.15, 0.2) is 65.8 Å². The Hall–Kier alpha value is -3.06. The van der Waals surface area contributed by atoms with E-state index >= 15 is 0 Å². The summed E-state index contributed by atoms with van der Waals surface area (Å²) < 4.78 is 7.07. The normalized spacial score (nSPS) is 13.2. The average Bonchev–Trinajstić information content (AvgIpc) is 3.32. The van der Waals surface area contributed by atoms with E-state index in [4.69, 9.17) is 4.42 Å². The Labute approximate surface area is 145 Å². The number of imidazole rings is 1. The Morgan fingerprint density at radius 1 is 1.32 bits per heavy atom. The smallest absolute Gasteiger partial charge is 0.315 e. The zero-order valence-electron chi connectivity index (χ0n) is 13.8. The van der Waals surface area contributed by atoms with Crippen LogP contribution < -0.4 is 10.6 Å². The second-order valence-electron chi connectivity index (χ2n) is 5.93. The Morgan fingerprint density at radius 2 is 2.20 bits per heavy atom. The number of nitrogens with one attached hydrogen (secondary N) is 2. The molecule has 1 aromatic carbocycles. The van der Waals surface area contributed by atoms with Crippen LogP contribution in [0.3, 0.4) is 0 Å². The maximum absolute atomic E-state index is 12.0. The zero-order chi connectivity index (χ0) is 17.7. The zero-order valence-corrected chi connectivity index (χ0v) is 13.8. The minimum absolute atomic E-state index is 0.0431. The van der Waals surface area contributed by atoms with Gasteiger partial charge in [0.25, 0.3) is 0 Å². The number of carbonyl (C=O) groups is 1. The predicted octanol–water partition coefficient (Wildman–Crippen LogP) is 2.17. The van der Waals surface area contributed by atoms with Gasteiger partial charge in [-0.3, -0.25) is 0 Å². The van der Waals surface area contributed by atoms with E-state index in [0.717, 1.165) is 11.3 Å². The monoisotopic (exact) mass is 340 g/mol. The number of carbonyl (C=O) groups excluding carboxylic acids is 1. The van der Waals surface area contributed by atoms with E-state index in [1.165, 1.54) is 6.26 Å². The molecule has 7 nitrogen and oxygen atoms in total. The highest BCUT2D eigenvalue weighted by Gasteiger charge is 2.26. The van der Waals surface area contributed by atoms with Gasteiger partial charge in [-0.25, -0.2) is 9.78 Å². The van der Waals surface area contributed by atoms with E-state index in [1.54, 1.807) is 31.6 Å². The third kappa shape index (κ3) is 4.27. The molecule has 0 aliphatic rings. The molecule has 0 aliphatic carbocycles. The highest BCUT2D eigenvalue weighted by atomic mass is 16.4. The summed E-state index contributed by atoms with van der Waals surface area (Å²) in [6, 6.07) is 10.8. The highest BCUT2D eigenvalue weighted by molar-refractivity contribution is 5.73. The lowest BCUT2D eigenvalue weighted by atomic mass is 10.0. The molecule has 0 radical (unpaired) electrons. The van der Waals surface area contributed by atoms with Crippen LogP contribution in [0.5, 0.6) is 0 Å². The van der Waals surface area contributed by atoms with Gasteiger partial charge in [-0.15, -0.1) is 0 Å². The van der Waals surface area contributed by atoms with E-state index in [1.807, 2.05) is 35.0 Å². The third-order valence-electron chi connectivity index (χ3n) is 3.81. The standard InChI is InChI=1S/C18H20N4O3/c1-18(24,16-6-3-9-25-16)12-21-17(23)20-11-14-4-2-5-15(10-14)22-8-7-19-13-22/h2-10,13,24H,11-12H2,1H3,(H2,20,21,23)/t18-/m1/s1. The van der Waals surface area contributed by atoms with Crippen molar-refractivity contribution in [2.45, 2.75) is 19.1 Å². The van der Waals surface area contributed by atoms with Gasteiger partial charge in [0.1, 0.15) is 11.4 Å². The third-order valence-corrected chi connectivity index (χ3v) is 3.81. The Kier molecular flexibility index (Phi) is 4.85. The number of hydrogen-bond donors (Lipinski definition) is 3. The molecule has 1 atom stereocenters. The van der Waals surface area contributed by atoms with Gasteiger partial charge in [-0.2, -0.15) is 0 Å². The molecular formula is C18H20N4O3. The maximum atomic E-state index is 12.0. The molecule has 0 saturated heterocycles. The number of amides is 2. The summed E-state index contributed by atoms with van der Waals surface area (Å²) in [6.07, 6.45) is 6.77. The van der Waals surface area contributed by atoms with Crippen molar-refractivity contribution in [3.05, 3.63) is 72.7 Å². The van der Waals surface area contributed by atoms with Crippen LogP contribution in [-0.4, -0.2) is 27.2 Å². The highest BCUT2D eigenvalue weighted by Crippen LogP contribution is 2.19. The van der Waals surface area contributed by atoms with Crippen molar-refractivity contribution in [1.82, 2.24) is 20.2 Å². The molecule has 7 heteroatoms. The summed E-state index contributed by atoms with van der Waals surface area (Å²) in [5.41, 5.74) is 0.666. The second kappa shape index (κ2) is 7.23. The summed E-state index contributed by atoms with van der Waals surface area (Å²) in [7, 11) is 0. The topological polar surface area (TPSA) is 92.3 Å². The lowest BCUT2D eigenvalue weighted by molar-refractivity contribution is 0.0367. The van der Waals surface area contributed by atoms with E-state index in [0.29, 0.717) is 12.3 Å². The van der Waals surface area contributed by atoms with Crippen LogP contribution in [0.25, 0.3) is 5.69 Å².